The quantitative estimate of drug-likeness (QED) is 0.656. The van der Waals surface area contributed by atoms with Gasteiger partial charge in [-0.05, 0) is 26.0 Å². The molecular formula is C11H21N3O2. The summed E-state index contributed by atoms with van der Waals surface area (Å²) < 4.78 is 6.62. The number of hydrogen-bond acceptors (Lipinski definition) is 4. The first-order chi connectivity index (χ1) is 7.56. The van der Waals surface area contributed by atoms with Gasteiger partial charge in [0.05, 0.1) is 12.3 Å². The summed E-state index contributed by atoms with van der Waals surface area (Å²) in [5, 5.41) is 17.6. The van der Waals surface area contributed by atoms with Crippen LogP contribution in [0.3, 0.4) is 0 Å². The van der Waals surface area contributed by atoms with Crippen molar-refractivity contribution in [3.8, 4) is 0 Å². The number of aromatic nitrogens is 2. The summed E-state index contributed by atoms with van der Waals surface area (Å²) in [6.45, 7) is 4.01. The maximum atomic E-state index is 10.2. The molecule has 1 atom stereocenters. The molecule has 0 amide bonds. The Hall–Kier alpha value is -0.910. The van der Waals surface area contributed by atoms with Gasteiger partial charge in [-0.25, -0.2) is 0 Å². The Morgan fingerprint density at radius 2 is 2.31 bits per heavy atom. The largest absolute Gasteiger partial charge is 0.384 e. The molecule has 2 N–H and O–H groups in total. The van der Waals surface area contributed by atoms with E-state index in [1.807, 2.05) is 19.3 Å². The highest BCUT2D eigenvalue weighted by Crippen LogP contribution is 2.21. The molecule has 0 spiro atoms. The molecule has 0 saturated carbocycles. The topological polar surface area (TPSA) is 59.3 Å². The van der Waals surface area contributed by atoms with E-state index in [2.05, 4.69) is 10.4 Å². The number of methoxy groups -OCH3 is 1. The Kier molecular flexibility index (Phi) is 4.92. The molecule has 0 saturated heterocycles. The molecule has 1 rings (SSSR count). The van der Waals surface area contributed by atoms with Gasteiger partial charge in [-0.1, -0.05) is 0 Å². The summed E-state index contributed by atoms with van der Waals surface area (Å²) in [6.07, 6.45) is 2.47. The number of aliphatic hydroxyl groups is 1. The minimum absolute atomic E-state index is 0.633. The number of aryl methyl sites for hydroxylation is 1. The van der Waals surface area contributed by atoms with Crippen LogP contribution in [0.5, 0.6) is 0 Å². The zero-order chi connectivity index (χ0) is 12.0. The SMILES string of the molecule is COCCNCCC(C)(O)c1ccn(C)n1. The van der Waals surface area contributed by atoms with Gasteiger partial charge in [0.15, 0.2) is 0 Å². The van der Waals surface area contributed by atoms with E-state index in [4.69, 9.17) is 4.74 Å². The average Bonchev–Trinajstić information content (AvgIpc) is 2.65. The third-order valence-electron chi connectivity index (χ3n) is 2.54. The number of ether oxygens (including phenoxy) is 1. The van der Waals surface area contributed by atoms with Crippen LogP contribution in [0.15, 0.2) is 12.3 Å². The second-order valence-electron chi connectivity index (χ2n) is 4.14. The smallest absolute Gasteiger partial charge is 0.107 e. The van der Waals surface area contributed by atoms with E-state index in [0.717, 1.165) is 13.1 Å². The lowest BCUT2D eigenvalue weighted by Crippen LogP contribution is -2.29. The van der Waals surface area contributed by atoms with Crippen LogP contribution >= 0.6 is 0 Å². The third kappa shape index (κ3) is 3.92. The molecule has 0 radical (unpaired) electrons. The van der Waals surface area contributed by atoms with E-state index in [1.54, 1.807) is 18.7 Å². The highest BCUT2D eigenvalue weighted by molar-refractivity contribution is 5.08. The van der Waals surface area contributed by atoms with Crippen LogP contribution in [0.2, 0.25) is 0 Å². The highest BCUT2D eigenvalue weighted by Gasteiger charge is 2.24. The molecule has 0 bridgehead atoms. The summed E-state index contributed by atoms with van der Waals surface area (Å²) in [4.78, 5) is 0. The van der Waals surface area contributed by atoms with Crippen molar-refractivity contribution in [2.45, 2.75) is 18.9 Å². The van der Waals surface area contributed by atoms with Crippen molar-refractivity contribution in [1.82, 2.24) is 15.1 Å². The van der Waals surface area contributed by atoms with Gasteiger partial charge in [-0.15, -0.1) is 0 Å². The van der Waals surface area contributed by atoms with Gasteiger partial charge >= 0.3 is 0 Å². The molecule has 1 aromatic rings. The van der Waals surface area contributed by atoms with Gasteiger partial charge in [-0.3, -0.25) is 4.68 Å². The Labute approximate surface area is 96.4 Å². The fourth-order valence-electron chi connectivity index (χ4n) is 1.46. The van der Waals surface area contributed by atoms with Crippen LogP contribution < -0.4 is 5.32 Å². The van der Waals surface area contributed by atoms with Gasteiger partial charge in [0, 0.05) is 26.9 Å². The third-order valence-corrected chi connectivity index (χ3v) is 2.54. The summed E-state index contributed by atoms with van der Waals surface area (Å²) >= 11 is 0. The molecule has 5 nitrogen and oxygen atoms in total. The fraction of sp³-hybridized carbons (Fsp3) is 0.727. The highest BCUT2D eigenvalue weighted by atomic mass is 16.5. The zero-order valence-electron chi connectivity index (χ0n) is 10.2. The lowest BCUT2D eigenvalue weighted by atomic mass is 9.98. The molecule has 0 aliphatic heterocycles. The normalized spacial score (nSPS) is 15.0. The maximum Gasteiger partial charge on any atom is 0.107 e. The lowest BCUT2D eigenvalue weighted by molar-refractivity contribution is 0.0425. The van der Waals surface area contributed by atoms with Crippen molar-refractivity contribution in [3.05, 3.63) is 18.0 Å². The fourth-order valence-corrected chi connectivity index (χ4v) is 1.46. The van der Waals surface area contributed by atoms with E-state index < -0.39 is 5.60 Å². The van der Waals surface area contributed by atoms with Gasteiger partial charge in [0.25, 0.3) is 0 Å². The summed E-state index contributed by atoms with van der Waals surface area (Å²) in [7, 11) is 3.52. The molecule has 0 aliphatic rings. The van der Waals surface area contributed by atoms with Crippen molar-refractivity contribution in [2.75, 3.05) is 26.8 Å². The van der Waals surface area contributed by atoms with Crippen molar-refractivity contribution in [3.63, 3.8) is 0 Å². The minimum atomic E-state index is -0.874. The molecule has 1 unspecified atom stereocenters. The second kappa shape index (κ2) is 5.98. The number of hydrogen-bond donors (Lipinski definition) is 2. The zero-order valence-corrected chi connectivity index (χ0v) is 10.2. The van der Waals surface area contributed by atoms with Crippen LogP contribution in [-0.4, -0.2) is 41.7 Å². The molecular weight excluding hydrogens is 206 g/mol. The second-order valence-corrected chi connectivity index (χ2v) is 4.14. The summed E-state index contributed by atoms with van der Waals surface area (Å²) in [5.41, 5.74) is -0.162. The molecule has 1 heterocycles. The van der Waals surface area contributed by atoms with Crippen LogP contribution in [0.25, 0.3) is 0 Å². The first kappa shape index (κ1) is 13.2. The van der Waals surface area contributed by atoms with Crippen molar-refractivity contribution in [1.29, 1.82) is 0 Å². The minimum Gasteiger partial charge on any atom is -0.384 e. The molecule has 1 aromatic heterocycles. The van der Waals surface area contributed by atoms with E-state index in [0.29, 0.717) is 18.7 Å². The Balaban J connectivity index is 2.34. The van der Waals surface area contributed by atoms with E-state index in [9.17, 15) is 5.11 Å². The van der Waals surface area contributed by atoms with Crippen LogP contribution in [-0.2, 0) is 17.4 Å². The Morgan fingerprint density at radius 1 is 1.56 bits per heavy atom. The van der Waals surface area contributed by atoms with E-state index in [1.165, 1.54) is 0 Å². The number of nitrogens with one attached hydrogen (secondary N) is 1. The van der Waals surface area contributed by atoms with Crippen molar-refractivity contribution in [2.24, 2.45) is 7.05 Å². The maximum absolute atomic E-state index is 10.2. The first-order valence-corrected chi connectivity index (χ1v) is 5.48. The molecule has 0 fully saturated rings. The van der Waals surface area contributed by atoms with Gasteiger partial charge < -0.3 is 15.2 Å². The first-order valence-electron chi connectivity index (χ1n) is 5.48. The van der Waals surface area contributed by atoms with Crippen molar-refractivity contribution < 1.29 is 9.84 Å². The summed E-state index contributed by atoms with van der Waals surface area (Å²) in [5.74, 6) is 0. The van der Waals surface area contributed by atoms with Crippen LogP contribution in [0.1, 0.15) is 19.0 Å². The lowest BCUT2D eigenvalue weighted by Gasteiger charge is -2.21. The van der Waals surface area contributed by atoms with E-state index >= 15 is 0 Å². The standard InChI is InChI=1S/C11H21N3O2/c1-11(15,5-6-12-7-9-16-3)10-4-8-14(2)13-10/h4,8,12,15H,5-7,9H2,1-3H3. The summed E-state index contributed by atoms with van der Waals surface area (Å²) in [6, 6.07) is 1.84. The van der Waals surface area contributed by atoms with Crippen LogP contribution in [0, 0.1) is 0 Å². The molecule has 0 aromatic carbocycles. The van der Waals surface area contributed by atoms with Gasteiger partial charge in [-0.2, -0.15) is 5.10 Å². The predicted molar refractivity (Wildman–Crippen MR) is 62.1 cm³/mol. The van der Waals surface area contributed by atoms with E-state index in [-0.39, 0.29) is 0 Å². The van der Waals surface area contributed by atoms with Crippen LogP contribution in [0.4, 0.5) is 0 Å². The number of rotatable bonds is 7. The average molecular weight is 227 g/mol. The predicted octanol–water partition coefficient (Wildman–Crippen LogP) is 0.254. The Bertz CT molecular complexity index is 310. The van der Waals surface area contributed by atoms with Gasteiger partial charge in [0.1, 0.15) is 5.60 Å². The molecule has 16 heavy (non-hydrogen) atoms. The Morgan fingerprint density at radius 3 is 2.88 bits per heavy atom. The number of nitrogens with zero attached hydrogens (tertiary/aromatic N) is 2. The van der Waals surface area contributed by atoms with Crippen molar-refractivity contribution >= 4 is 0 Å². The monoisotopic (exact) mass is 227 g/mol. The molecule has 0 aliphatic carbocycles. The van der Waals surface area contributed by atoms with Gasteiger partial charge in [0.2, 0.25) is 0 Å². The molecule has 92 valence electrons. The molecule has 5 heteroatoms.